The molecule has 2 amide bonds. The number of likely N-dealkylation sites (N-methyl/N-ethyl adjacent to an activating group) is 1. The van der Waals surface area contributed by atoms with Crippen LogP contribution in [-0.4, -0.2) is 131 Å². The van der Waals surface area contributed by atoms with Crippen molar-refractivity contribution in [3.63, 3.8) is 0 Å². The molecule has 2 bridgehead atoms. The summed E-state index contributed by atoms with van der Waals surface area (Å²) in [5, 5.41) is 31.0. The number of fused-ring (bicyclic) bond motifs is 5. The van der Waals surface area contributed by atoms with Gasteiger partial charge in [-0.05, 0) is 84.7 Å². The fourth-order valence-corrected chi connectivity index (χ4v) is 8.11. The number of Topliss-reactive ketones (excluding diaryl/α,β-unsaturated/α-hetero) is 1. The van der Waals surface area contributed by atoms with Gasteiger partial charge in [0.15, 0.2) is 12.1 Å². The van der Waals surface area contributed by atoms with Crippen LogP contribution in [0.2, 0.25) is 0 Å². The molecule has 16 nitrogen and oxygen atoms in total. The zero-order valence-electron chi connectivity index (χ0n) is 35.9. The zero-order chi connectivity index (χ0) is 43.1. The summed E-state index contributed by atoms with van der Waals surface area (Å²) in [6.45, 7) is 14.3. The van der Waals surface area contributed by atoms with Crippen molar-refractivity contribution in [3.05, 3.63) is 29.8 Å². The number of ketones is 1. The van der Waals surface area contributed by atoms with Crippen molar-refractivity contribution in [3.8, 4) is 0 Å². The minimum Gasteiger partial charge on any atom is -0.459 e. The summed E-state index contributed by atoms with van der Waals surface area (Å²) in [6.07, 6.45) is -5.14. The molecule has 0 saturated carbocycles. The number of aliphatic hydroxyl groups excluding tert-OH is 1. The van der Waals surface area contributed by atoms with Crippen LogP contribution in [0.5, 0.6) is 0 Å². The molecule has 324 valence electrons. The Bertz CT molecular complexity index is 1670. The third-order valence-corrected chi connectivity index (χ3v) is 11.5. The number of esters is 1. The lowest BCUT2D eigenvalue weighted by atomic mass is 9.76. The molecule has 3 saturated heterocycles. The molecule has 3 N–H and O–H groups in total. The Morgan fingerprint density at radius 2 is 1.72 bits per heavy atom. The summed E-state index contributed by atoms with van der Waals surface area (Å²) in [7, 11) is 3.71. The van der Waals surface area contributed by atoms with Crippen LogP contribution in [-0.2, 0) is 54.3 Å². The number of benzene rings is 1. The number of amides is 2. The molecule has 12 atom stereocenters. The number of anilines is 1. The minimum atomic E-state index is -1.83. The van der Waals surface area contributed by atoms with Gasteiger partial charge in [0.25, 0.3) is 0 Å². The number of aliphatic imine (C=N–C) groups is 1. The topological polar surface area (TPSA) is 204 Å². The molecule has 0 radical (unpaired) electrons. The van der Waals surface area contributed by atoms with Gasteiger partial charge in [0, 0.05) is 43.6 Å². The Balaban J connectivity index is 1.87. The van der Waals surface area contributed by atoms with Gasteiger partial charge in [0.2, 0.25) is 11.8 Å². The summed E-state index contributed by atoms with van der Waals surface area (Å²) in [5.74, 6) is -4.81. The zero-order valence-corrected chi connectivity index (χ0v) is 35.9. The Morgan fingerprint density at radius 1 is 1.05 bits per heavy atom. The number of rotatable bonds is 8. The van der Waals surface area contributed by atoms with Crippen molar-refractivity contribution in [1.82, 2.24) is 4.90 Å². The van der Waals surface area contributed by atoms with Crippen molar-refractivity contribution in [2.24, 2.45) is 27.9 Å². The average Bonchev–Trinajstić information content (AvgIpc) is 3.17. The Morgan fingerprint density at radius 3 is 2.33 bits per heavy atom. The highest BCUT2D eigenvalue weighted by Crippen LogP contribution is 2.39. The molecule has 0 unspecified atom stereocenters. The lowest BCUT2D eigenvalue weighted by molar-refractivity contribution is -0.296. The predicted octanol–water partition coefficient (Wildman–Crippen LogP) is 3.83. The fourth-order valence-electron chi connectivity index (χ4n) is 8.11. The Kier molecular flexibility index (Phi) is 16.3. The van der Waals surface area contributed by atoms with Crippen molar-refractivity contribution >= 4 is 40.7 Å². The predicted molar refractivity (Wildman–Crippen MR) is 215 cm³/mol. The van der Waals surface area contributed by atoms with E-state index in [-0.39, 0.29) is 62.8 Å². The van der Waals surface area contributed by atoms with Crippen molar-refractivity contribution in [2.75, 3.05) is 32.6 Å². The van der Waals surface area contributed by atoms with Crippen LogP contribution in [0.25, 0.3) is 0 Å². The molecule has 16 heteroatoms. The SMILES string of the molecule is CC[C@@H]1OC(=O)[C@H](C)C(=O)[C@H](C)[C@@H](O[C@@H]2O[C@H](C)C[C@H](N(C)C)[C@H]2O)[C@@]2(C)C[C@@H](C)C(=NC(C)=O)C[C@H](OC/C(=N/OCc3ccc(NC(C)=O)cc3)CO2)[C@]1(C)O. The highest BCUT2D eigenvalue weighted by Gasteiger charge is 2.51. The van der Waals surface area contributed by atoms with E-state index < -0.39 is 77.3 Å². The number of cyclic esters (lactones) is 1. The number of nitrogens with zero attached hydrogens (tertiary/aromatic N) is 3. The van der Waals surface area contributed by atoms with Gasteiger partial charge >= 0.3 is 5.97 Å². The maximum Gasteiger partial charge on any atom is 0.316 e. The van der Waals surface area contributed by atoms with Gasteiger partial charge in [-0.2, -0.15) is 0 Å². The first-order valence-corrected chi connectivity index (χ1v) is 20.2. The molecule has 3 heterocycles. The van der Waals surface area contributed by atoms with Gasteiger partial charge in [0.1, 0.15) is 36.0 Å². The average molecular weight is 817 g/mol. The van der Waals surface area contributed by atoms with Gasteiger partial charge < -0.3 is 49.0 Å². The van der Waals surface area contributed by atoms with E-state index >= 15 is 0 Å². The monoisotopic (exact) mass is 816 g/mol. The Hall–Kier alpha value is -3.64. The molecule has 58 heavy (non-hydrogen) atoms. The highest BCUT2D eigenvalue weighted by atomic mass is 16.7. The molecule has 1 aromatic rings. The third kappa shape index (κ3) is 11.8. The summed E-state index contributed by atoms with van der Waals surface area (Å²) < 4.78 is 32.1. The van der Waals surface area contributed by atoms with E-state index in [9.17, 15) is 29.4 Å². The molecule has 0 aliphatic carbocycles. The van der Waals surface area contributed by atoms with E-state index in [0.717, 1.165) is 5.56 Å². The van der Waals surface area contributed by atoms with Crippen molar-refractivity contribution in [1.29, 1.82) is 0 Å². The largest absolute Gasteiger partial charge is 0.459 e. The van der Waals surface area contributed by atoms with E-state index in [2.05, 4.69) is 15.5 Å². The standard InChI is InChI=1S/C42H64N4O12/c1-12-34-42(9,52)35-18-32(44-28(7)48)23(2)19-41(8,54-22-31(21-53-35)45-55-20-29-13-15-30(16-14-29)43-27(6)47)38(25(4)36(49)26(5)39(51)57-34)58-40-37(50)33(46(10)11)17-24(3)56-40/h13-16,23-26,33-35,37-38,40,50,52H,12,17-22H2,1-11H3,(H,43,47)/b44-32?,45-31-/t23-,24-,25+,26-,33+,34+,35+,37-,38-,40+,41-,42-/m1/s1. The number of carbonyl (C=O) groups is 4. The quantitative estimate of drug-likeness (QED) is 0.194. The van der Waals surface area contributed by atoms with Crippen LogP contribution in [0.4, 0.5) is 5.69 Å². The molecule has 1 aromatic carbocycles. The smallest absolute Gasteiger partial charge is 0.316 e. The Labute approximate surface area is 342 Å². The van der Waals surface area contributed by atoms with Crippen LogP contribution >= 0.6 is 0 Å². The molecule has 3 fully saturated rings. The van der Waals surface area contributed by atoms with Gasteiger partial charge in [-0.1, -0.05) is 38.1 Å². The van der Waals surface area contributed by atoms with Crippen LogP contribution < -0.4 is 5.32 Å². The van der Waals surface area contributed by atoms with Crippen LogP contribution in [0.3, 0.4) is 0 Å². The van der Waals surface area contributed by atoms with Crippen LogP contribution in [0, 0.1) is 17.8 Å². The van der Waals surface area contributed by atoms with Gasteiger partial charge in [-0.15, -0.1) is 0 Å². The summed E-state index contributed by atoms with van der Waals surface area (Å²) in [6, 6.07) is 6.74. The fraction of sp³-hybridized carbons (Fsp3) is 0.714. The summed E-state index contributed by atoms with van der Waals surface area (Å²) >= 11 is 0. The normalized spacial score (nSPS) is 37.1. The van der Waals surface area contributed by atoms with E-state index in [1.807, 2.05) is 32.8 Å². The van der Waals surface area contributed by atoms with Crippen molar-refractivity contribution < 1.29 is 57.9 Å². The van der Waals surface area contributed by atoms with Crippen LogP contribution in [0.1, 0.15) is 93.6 Å². The van der Waals surface area contributed by atoms with Gasteiger partial charge in [-0.25, -0.2) is 4.99 Å². The number of oxime groups is 1. The molecule has 0 aromatic heterocycles. The second kappa shape index (κ2) is 20.1. The summed E-state index contributed by atoms with van der Waals surface area (Å²) in [5.41, 5.74) is -1.16. The maximum absolute atomic E-state index is 14.4. The second-order valence-corrected chi connectivity index (χ2v) is 16.7. The van der Waals surface area contributed by atoms with E-state index in [4.69, 9.17) is 28.5 Å². The molecule has 0 spiro atoms. The molecular weight excluding hydrogens is 752 g/mol. The van der Waals surface area contributed by atoms with E-state index in [0.29, 0.717) is 17.8 Å². The first kappa shape index (κ1) is 47.0. The molecular formula is C42H64N4O12. The molecule has 3 aliphatic rings. The molecule has 3 aliphatic heterocycles. The first-order valence-electron chi connectivity index (χ1n) is 20.2. The van der Waals surface area contributed by atoms with Gasteiger partial charge in [0.05, 0.1) is 37.1 Å². The number of ether oxygens (including phenoxy) is 5. The number of aliphatic hydroxyl groups is 2. The molecule has 4 rings (SSSR count). The van der Waals surface area contributed by atoms with Crippen molar-refractivity contribution in [2.45, 2.75) is 149 Å². The van der Waals surface area contributed by atoms with E-state index in [1.54, 1.807) is 45.0 Å². The minimum absolute atomic E-state index is 0.0330. The third-order valence-electron chi connectivity index (χ3n) is 11.5. The van der Waals surface area contributed by atoms with Crippen LogP contribution in [0.15, 0.2) is 34.4 Å². The van der Waals surface area contributed by atoms with E-state index in [1.165, 1.54) is 27.7 Å². The highest BCUT2D eigenvalue weighted by molar-refractivity contribution is 6.00. The maximum atomic E-state index is 14.4. The number of hydrogen-bond acceptors (Lipinski definition) is 14. The first-order chi connectivity index (χ1) is 27.2. The summed E-state index contributed by atoms with van der Waals surface area (Å²) in [4.78, 5) is 64.5. The lowest BCUT2D eigenvalue weighted by Crippen LogP contribution is -2.59. The second-order valence-electron chi connectivity index (χ2n) is 16.7. The number of hydrogen-bond donors (Lipinski definition) is 3. The lowest BCUT2D eigenvalue weighted by Gasteiger charge is -2.47. The number of carbonyl (C=O) groups excluding carboxylic acids is 4. The number of nitrogens with one attached hydrogen (secondary N) is 1. The van der Waals surface area contributed by atoms with Gasteiger partial charge in [-0.3, -0.25) is 19.2 Å².